The van der Waals surface area contributed by atoms with E-state index in [1.807, 2.05) is 6.07 Å². The molecule has 1 aromatic rings. The summed E-state index contributed by atoms with van der Waals surface area (Å²) in [6.07, 6.45) is 3.78. The molecule has 0 unspecified atom stereocenters. The van der Waals surface area contributed by atoms with Crippen LogP contribution in [0.4, 0.5) is 13.2 Å². The van der Waals surface area contributed by atoms with Crippen LogP contribution in [0, 0.1) is 11.3 Å². The fourth-order valence-electron chi connectivity index (χ4n) is 2.18. The van der Waals surface area contributed by atoms with Gasteiger partial charge in [-0.15, -0.1) is 0 Å². The molecule has 0 saturated carbocycles. The Morgan fingerprint density at radius 1 is 1.33 bits per heavy atom. The van der Waals surface area contributed by atoms with E-state index in [4.69, 9.17) is 10.00 Å². The van der Waals surface area contributed by atoms with Crippen LogP contribution in [0.2, 0.25) is 0 Å². The molecule has 0 fully saturated rings. The third-order valence-electron chi connectivity index (χ3n) is 3.28. The molecular weight excluding hydrogens is 407 g/mol. The number of alkyl halides is 2. The van der Waals surface area contributed by atoms with E-state index in [-0.39, 0.29) is 50.2 Å². The number of ketones is 1. The largest absolute Gasteiger partial charge is 0.456 e. The first-order valence-electron chi connectivity index (χ1n) is 6.62. The fraction of sp³-hybridized carbons (Fsp3) is 0.125. The molecule has 1 heterocycles. The molecule has 3 nitrogen and oxygen atoms in total. The molecule has 0 atom stereocenters. The summed E-state index contributed by atoms with van der Waals surface area (Å²) in [5.41, 5.74) is 0.113. The van der Waals surface area contributed by atoms with Crippen molar-refractivity contribution in [2.45, 2.75) is 16.6 Å². The molecular formula is C16H7BrF3NO2S. The molecule has 24 heavy (non-hydrogen) atoms. The van der Waals surface area contributed by atoms with Crippen molar-refractivity contribution in [1.82, 2.24) is 0 Å². The van der Waals surface area contributed by atoms with Gasteiger partial charge in [0.2, 0.25) is 5.78 Å². The average molecular weight is 414 g/mol. The van der Waals surface area contributed by atoms with Gasteiger partial charge in [-0.1, -0.05) is 0 Å². The lowest BCUT2D eigenvalue weighted by atomic mass is 10.1. The van der Waals surface area contributed by atoms with Crippen molar-refractivity contribution in [3.05, 3.63) is 57.6 Å². The van der Waals surface area contributed by atoms with Crippen LogP contribution in [0.3, 0.4) is 0 Å². The van der Waals surface area contributed by atoms with Crippen molar-refractivity contribution in [3.63, 3.8) is 0 Å². The van der Waals surface area contributed by atoms with Crippen LogP contribution >= 0.6 is 27.7 Å². The number of Topliss-reactive ketones (excluding diaryl/α,β-unsaturated/α-hetero) is 1. The van der Waals surface area contributed by atoms with Gasteiger partial charge < -0.3 is 4.74 Å². The zero-order valence-electron chi connectivity index (χ0n) is 11.8. The number of rotatable bonds is 2. The van der Waals surface area contributed by atoms with Gasteiger partial charge in [0.25, 0.3) is 0 Å². The Bertz CT molecular complexity index is 884. The number of carbonyl (C=O) groups excluding carboxylic acids is 1. The molecule has 3 rings (SSSR count). The second-order valence-corrected chi connectivity index (χ2v) is 6.87. The Hall–Kier alpha value is -1.98. The number of carbonyl (C=O) groups is 1. The Morgan fingerprint density at radius 3 is 2.79 bits per heavy atom. The summed E-state index contributed by atoms with van der Waals surface area (Å²) in [5.74, 6) is -1.78. The molecule has 122 valence electrons. The number of hydrogen-bond donors (Lipinski definition) is 0. The SMILES string of the molecule is N#CC1=CC(Oc2ccc3c(c2Br)C(=O)C(F)(F)S3)=CC(F)=CC1. The molecule has 0 aromatic heterocycles. The van der Waals surface area contributed by atoms with Crippen LogP contribution in [-0.4, -0.2) is 11.0 Å². The first-order chi connectivity index (χ1) is 11.3. The summed E-state index contributed by atoms with van der Waals surface area (Å²) in [7, 11) is 0. The van der Waals surface area contributed by atoms with Crippen molar-refractivity contribution in [2.24, 2.45) is 0 Å². The maximum absolute atomic E-state index is 13.6. The highest BCUT2D eigenvalue weighted by Gasteiger charge is 2.49. The molecule has 0 saturated heterocycles. The quantitative estimate of drug-likeness (QED) is 0.659. The van der Waals surface area contributed by atoms with Crippen LogP contribution in [0.5, 0.6) is 5.75 Å². The van der Waals surface area contributed by atoms with Gasteiger partial charge in [0, 0.05) is 23.0 Å². The van der Waals surface area contributed by atoms with E-state index in [1.165, 1.54) is 24.3 Å². The van der Waals surface area contributed by atoms with Crippen molar-refractivity contribution in [1.29, 1.82) is 5.26 Å². The molecule has 0 bridgehead atoms. The lowest BCUT2D eigenvalue weighted by molar-refractivity contribution is 0.0581. The molecule has 8 heteroatoms. The van der Waals surface area contributed by atoms with Gasteiger partial charge in [-0.05, 0) is 52.0 Å². The van der Waals surface area contributed by atoms with Gasteiger partial charge in [-0.3, -0.25) is 4.79 Å². The maximum atomic E-state index is 13.6. The van der Waals surface area contributed by atoms with Gasteiger partial charge >= 0.3 is 5.25 Å². The minimum absolute atomic E-state index is 0.0308. The Morgan fingerprint density at radius 2 is 2.08 bits per heavy atom. The standard InChI is InChI=1S/C16H7BrF3NO2S/c17-14-11(3-4-12-13(14)15(22)16(19,20)24-12)23-10-5-8(7-21)1-2-9(18)6-10/h2-6H,1H2. The number of fused-ring (bicyclic) bond motifs is 1. The lowest BCUT2D eigenvalue weighted by Crippen LogP contribution is -2.18. The predicted octanol–water partition coefficient (Wildman–Crippen LogP) is 5.30. The summed E-state index contributed by atoms with van der Waals surface area (Å²) < 4.78 is 46.2. The third-order valence-corrected chi connectivity index (χ3v) is 5.07. The smallest absolute Gasteiger partial charge is 0.360 e. The minimum Gasteiger partial charge on any atom is -0.456 e. The van der Waals surface area contributed by atoms with Crippen LogP contribution in [0.15, 0.2) is 56.9 Å². The highest BCUT2D eigenvalue weighted by molar-refractivity contribution is 9.10. The zero-order valence-corrected chi connectivity index (χ0v) is 14.2. The topological polar surface area (TPSA) is 50.1 Å². The lowest BCUT2D eigenvalue weighted by Gasteiger charge is -2.10. The number of nitrogens with zero attached hydrogens (tertiary/aromatic N) is 1. The number of benzene rings is 1. The second kappa shape index (κ2) is 6.15. The van der Waals surface area contributed by atoms with E-state index in [2.05, 4.69) is 15.9 Å². The summed E-state index contributed by atoms with van der Waals surface area (Å²) in [5, 5.41) is 5.45. The van der Waals surface area contributed by atoms with Crippen LogP contribution < -0.4 is 4.74 Å². The van der Waals surface area contributed by atoms with Crippen molar-refractivity contribution >= 4 is 33.5 Å². The van der Waals surface area contributed by atoms with E-state index in [1.54, 1.807) is 0 Å². The average Bonchev–Trinajstić information content (AvgIpc) is 2.66. The normalized spacial score (nSPS) is 18.8. The van der Waals surface area contributed by atoms with Crippen LogP contribution in [0.1, 0.15) is 16.8 Å². The Kier molecular flexibility index (Phi) is 4.32. The highest BCUT2D eigenvalue weighted by atomic mass is 79.9. The number of allylic oxidation sites excluding steroid dienone is 5. The van der Waals surface area contributed by atoms with Gasteiger partial charge in [-0.2, -0.15) is 14.0 Å². The number of thioether (sulfide) groups is 1. The van der Waals surface area contributed by atoms with E-state index in [0.29, 0.717) is 0 Å². The van der Waals surface area contributed by atoms with E-state index >= 15 is 0 Å². The fourth-order valence-corrected chi connectivity index (χ4v) is 3.82. The number of ether oxygens (including phenoxy) is 1. The summed E-state index contributed by atoms with van der Waals surface area (Å²) in [6, 6.07) is 4.66. The molecule has 0 amide bonds. The first-order valence-corrected chi connectivity index (χ1v) is 8.23. The highest BCUT2D eigenvalue weighted by Crippen LogP contribution is 2.51. The number of hydrogen-bond acceptors (Lipinski definition) is 4. The number of halogens is 4. The summed E-state index contributed by atoms with van der Waals surface area (Å²) >= 11 is 3.28. The van der Waals surface area contributed by atoms with E-state index in [0.717, 1.165) is 6.08 Å². The molecule has 1 aromatic carbocycles. The van der Waals surface area contributed by atoms with Crippen molar-refractivity contribution in [2.75, 3.05) is 0 Å². The minimum atomic E-state index is -3.52. The molecule has 2 aliphatic rings. The third kappa shape index (κ3) is 3.01. The van der Waals surface area contributed by atoms with E-state index in [9.17, 15) is 18.0 Å². The summed E-state index contributed by atoms with van der Waals surface area (Å²) in [6.45, 7) is 0. The molecule has 1 aliphatic carbocycles. The second-order valence-electron chi connectivity index (χ2n) is 4.92. The van der Waals surface area contributed by atoms with Gasteiger partial charge in [0.1, 0.15) is 17.3 Å². The van der Waals surface area contributed by atoms with Gasteiger partial charge in [-0.25, -0.2) is 4.39 Å². The molecule has 0 radical (unpaired) electrons. The summed E-state index contributed by atoms with van der Waals surface area (Å²) in [4.78, 5) is 11.9. The van der Waals surface area contributed by atoms with Gasteiger partial charge in [0.05, 0.1) is 16.1 Å². The Balaban J connectivity index is 1.99. The monoisotopic (exact) mass is 413 g/mol. The van der Waals surface area contributed by atoms with E-state index < -0.39 is 16.9 Å². The van der Waals surface area contributed by atoms with Gasteiger partial charge in [0.15, 0.2) is 0 Å². The first kappa shape index (κ1) is 16.9. The predicted molar refractivity (Wildman–Crippen MR) is 85.5 cm³/mol. The maximum Gasteiger partial charge on any atom is 0.360 e. The van der Waals surface area contributed by atoms with Crippen molar-refractivity contribution in [3.8, 4) is 11.8 Å². The number of nitriles is 1. The van der Waals surface area contributed by atoms with Crippen molar-refractivity contribution < 1.29 is 22.7 Å². The van der Waals surface area contributed by atoms with Crippen LogP contribution in [0.25, 0.3) is 0 Å². The molecule has 0 N–H and O–H groups in total. The zero-order chi connectivity index (χ0) is 17.5. The molecule has 1 aliphatic heterocycles. The molecule has 0 spiro atoms. The Labute approximate surface area is 147 Å². The van der Waals surface area contributed by atoms with Crippen LogP contribution in [-0.2, 0) is 0 Å².